The molecule has 21 heavy (non-hydrogen) atoms. The largest absolute Gasteiger partial charge is 0.465 e. The standard InChI is InChI=1S/C18H32N2O/c1-14(2)11-19-12-18-10-16(15(3)21-18)13-20(4)17-8-6-5-7-9-17/h10,14,17,19H,5-9,11-13H2,1-4H3. The Morgan fingerprint density at radius 3 is 2.67 bits per heavy atom. The molecule has 1 heterocycles. The molecule has 1 aromatic heterocycles. The van der Waals surface area contributed by atoms with Crippen molar-refractivity contribution in [2.75, 3.05) is 13.6 Å². The molecule has 0 saturated heterocycles. The van der Waals surface area contributed by atoms with Crippen LogP contribution in [0.15, 0.2) is 10.5 Å². The molecule has 0 atom stereocenters. The van der Waals surface area contributed by atoms with Gasteiger partial charge in [-0.25, -0.2) is 0 Å². The van der Waals surface area contributed by atoms with Gasteiger partial charge in [-0.2, -0.15) is 0 Å². The van der Waals surface area contributed by atoms with E-state index in [-0.39, 0.29) is 0 Å². The maximum absolute atomic E-state index is 5.90. The minimum Gasteiger partial charge on any atom is -0.465 e. The summed E-state index contributed by atoms with van der Waals surface area (Å²) in [5, 5.41) is 3.45. The lowest BCUT2D eigenvalue weighted by molar-refractivity contribution is 0.184. The van der Waals surface area contributed by atoms with Gasteiger partial charge < -0.3 is 9.73 Å². The number of hydrogen-bond acceptors (Lipinski definition) is 3. The van der Waals surface area contributed by atoms with Gasteiger partial charge in [0.1, 0.15) is 11.5 Å². The van der Waals surface area contributed by atoms with Crippen LogP contribution >= 0.6 is 0 Å². The first kappa shape index (κ1) is 16.6. The van der Waals surface area contributed by atoms with E-state index in [0.717, 1.165) is 37.2 Å². The molecule has 1 aromatic rings. The molecule has 3 nitrogen and oxygen atoms in total. The third-order valence-corrected chi connectivity index (χ3v) is 4.54. The maximum Gasteiger partial charge on any atom is 0.118 e. The van der Waals surface area contributed by atoms with E-state index < -0.39 is 0 Å². The smallest absolute Gasteiger partial charge is 0.118 e. The second-order valence-electron chi connectivity index (χ2n) is 7.03. The van der Waals surface area contributed by atoms with Gasteiger partial charge >= 0.3 is 0 Å². The summed E-state index contributed by atoms with van der Waals surface area (Å²) < 4.78 is 5.90. The number of nitrogens with zero attached hydrogens (tertiary/aromatic N) is 1. The highest BCUT2D eigenvalue weighted by molar-refractivity contribution is 5.20. The lowest BCUT2D eigenvalue weighted by Crippen LogP contribution is -2.32. The summed E-state index contributed by atoms with van der Waals surface area (Å²) in [6.45, 7) is 9.44. The van der Waals surface area contributed by atoms with Gasteiger partial charge in [-0.1, -0.05) is 33.1 Å². The van der Waals surface area contributed by atoms with Crippen molar-refractivity contribution < 1.29 is 4.42 Å². The normalized spacial score (nSPS) is 17.0. The summed E-state index contributed by atoms with van der Waals surface area (Å²) in [6.07, 6.45) is 6.92. The average molecular weight is 292 g/mol. The van der Waals surface area contributed by atoms with Crippen LogP contribution in [0.1, 0.15) is 63.0 Å². The third kappa shape index (κ3) is 5.15. The molecule has 0 bridgehead atoms. The van der Waals surface area contributed by atoms with Crippen LogP contribution in [-0.2, 0) is 13.1 Å². The van der Waals surface area contributed by atoms with Gasteiger partial charge in [0.15, 0.2) is 0 Å². The van der Waals surface area contributed by atoms with Crippen LogP contribution in [0.5, 0.6) is 0 Å². The van der Waals surface area contributed by atoms with Crippen LogP contribution in [0, 0.1) is 12.8 Å². The molecule has 0 aliphatic heterocycles. The zero-order valence-corrected chi connectivity index (χ0v) is 14.2. The quantitative estimate of drug-likeness (QED) is 0.820. The first-order valence-electron chi connectivity index (χ1n) is 8.55. The molecule has 1 N–H and O–H groups in total. The zero-order valence-electron chi connectivity index (χ0n) is 14.2. The summed E-state index contributed by atoms with van der Waals surface area (Å²) >= 11 is 0. The van der Waals surface area contributed by atoms with Crippen molar-refractivity contribution in [3.8, 4) is 0 Å². The van der Waals surface area contributed by atoms with Gasteiger partial charge in [0, 0.05) is 18.2 Å². The van der Waals surface area contributed by atoms with Crippen LogP contribution in [0.4, 0.5) is 0 Å². The van der Waals surface area contributed by atoms with E-state index in [2.05, 4.69) is 44.1 Å². The van der Waals surface area contributed by atoms with E-state index in [0.29, 0.717) is 5.92 Å². The summed E-state index contributed by atoms with van der Waals surface area (Å²) in [5.41, 5.74) is 1.35. The zero-order chi connectivity index (χ0) is 15.2. The van der Waals surface area contributed by atoms with Gasteiger partial charge in [0.05, 0.1) is 6.54 Å². The van der Waals surface area contributed by atoms with E-state index in [1.165, 1.54) is 37.7 Å². The molecule has 0 unspecified atom stereocenters. The Hall–Kier alpha value is -0.800. The average Bonchev–Trinajstić information content (AvgIpc) is 2.79. The highest BCUT2D eigenvalue weighted by atomic mass is 16.3. The maximum atomic E-state index is 5.90. The van der Waals surface area contributed by atoms with Gasteiger partial charge in [0.2, 0.25) is 0 Å². The fourth-order valence-electron chi connectivity index (χ4n) is 3.24. The van der Waals surface area contributed by atoms with Crippen molar-refractivity contribution in [1.82, 2.24) is 10.2 Å². The molecule has 1 aliphatic carbocycles. The minimum atomic E-state index is 0.679. The van der Waals surface area contributed by atoms with E-state index in [1.807, 2.05) is 0 Å². The fraction of sp³-hybridized carbons (Fsp3) is 0.778. The molecule has 1 saturated carbocycles. The number of nitrogens with one attached hydrogen (secondary N) is 1. The monoisotopic (exact) mass is 292 g/mol. The lowest BCUT2D eigenvalue weighted by Gasteiger charge is -2.31. The van der Waals surface area contributed by atoms with Gasteiger partial charge in [0.25, 0.3) is 0 Å². The van der Waals surface area contributed by atoms with Gasteiger partial charge in [-0.05, 0) is 45.3 Å². The molecule has 0 aromatic carbocycles. The Labute approximate surface area is 130 Å². The Morgan fingerprint density at radius 1 is 1.29 bits per heavy atom. The summed E-state index contributed by atoms with van der Waals surface area (Å²) in [7, 11) is 2.26. The van der Waals surface area contributed by atoms with E-state index in [4.69, 9.17) is 4.42 Å². The minimum absolute atomic E-state index is 0.679. The number of hydrogen-bond donors (Lipinski definition) is 1. The Bertz CT molecular complexity index is 419. The molecule has 0 radical (unpaired) electrons. The number of rotatable bonds is 7. The summed E-state index contributed by atoms with van der Waals surface area (Å²) in [6, 6.07) is 3.00. The van der Waals surface area contributed by atoms with Crippen molar-refractivity contribution in [3.63, 3.8) is 0 Å². The molecule has 3 heteroatoms. The van der Waals surface area contributed by atoms with Crippen LogP contribution in [0.2, 0.25) is 0 Å². The fourth-order valence-corrected chi connectivity index (χ4v) is 3.24. The lowest BCUT2D eigenvalue weighted by atomic mass is 9.94. The molecule has 2 rings (SSSR count). The number of furan rings is 1. The first-order valence-corrected chi connectivity index (χ1v) is 8.55. The second-order valence-corrected chi connectivity index (χ2v) is 7.03. The highest BCUT2D eigenvalue weighted by Crippen LogP contribution is 2.24. The predicted molar refractivity (Wildman–Crippen MR) is 88.3 cm³/mol. The SMILES string of the molecule is Cc1oc(CNCC(C)C)cc1CN(C)C1CCCCC1. The predicted octanol–water partition coefficient (Wildman–Crippen LogP) is 4.10. The molecule has 1 fully saturated rings. The highest BCUT2D eigenvalue weighted by Gasteiger charge is 2.19. The van der Waals surface area contributed by atoms with E-state index in [9.17, 15) is 0 Å². The van der Waals surface area contributed by atoms with Crippen LogP contribution in [0.25, 0.3) is 0 Å². The van der Waals surface area contributed by atoms with E-state index >= 15 is 0 Å². The molecular weight excluding hydrogens is 260 g/mol. The van der Waals surface area contributed by atoms with Gasteiger partial charge in [-0.3, -0.25) is 4.90 Å². The van der Waals surface area contributed by atoms with Crippen molar-refractivity contribution in [1.29, 1.82) is 0 Å². The van der Waals surface area contributed by atoms with Gasteiger partial charge in [-0.15, -0.1) is 0 Å². The summed E-state index contributed by atoms with van der Waals surface area (Å²) in [5.74, 6) is 2.83. The molecule has 1 aliphatic rings. The molecular formula is C18H32N2O. The third-order valence-electron chi connectivity index (χ3n) is 4.54. The van der Waals surface area contributed by atoms with Crippen molar-refractivity contribution >= 4 is 0 Å². The Balaban J connectivity index is 1.86. The first-order chi connectivity index (χ1) is 10.1. The van der Waals surface area contributed by atoms with Crippen LogP contribution < -0.4 is 5.32 Å². The number of aryl methyl sites for hydroxylation is 1. The second kappa shape index (κ2) is 8.00. The Kier molecular flexibility index (Phi) is 6.31. The van der Waals surface area contributed by atoms with Crippen molar-refractivity contribution in [2.24, 2.45) is 5.92 Å². The van der Waals surface area contributed by atoms with Crippen molar-refractivity contribution in [3.05, 3.63) is 23.2 Å². The Morgan fingerprint density at radius 2 is 2.00 bits per heavy atom. The summed E-state index contributed by atoms with van der Waals surface area (Å²) in [4.78, 5) is 2.52. The molecule has 120 valence electrons. The van der Waals surface area contributed by atoms with Crippen LogP contribution in [-0.4, -0.2) is 24.5 Å². The molecule has 0 amide bonds. The topological polar surface area (TPSA) is 28.4 Å². The van der Waals surface area contributed by atoms with Crippen LogP contribution in [0.3, 0.4) is 0 Å². The van der Waals surface area contributed by atoms with Crippen molar-refractivity contribution in [2.45, 2.75) is 72.0 Å². The van der Waals surface area contributed by atoms with E-state index in [1.54, 1.807) is 0 Å². The molecule has 0 spiro atoms.